The van der Waals surface area contributed by atoms with Crippen LogP contribution < -0.4 is 5.32 Å². The van der Waals surface area contributed by atoms with Gasteiger partial charge in [-0.1, -0.05) is 12.1 Å². The molecule has 0 saturated heterocycles. The second-order valence-electron chi connectivity index (χ2n) is 4.77. The standard InChI is InChI=1S/C16H13N5S2/c1-17-15-13(11-4-2-8-22-11)14(12-5-3-9-23-12)19-16(20-15)21-7-6-18-10-21/h2-10H,1H3,(H,17,19,20). The Kier molecular flexibility index (Phi) is 3.64. The first-order chi connectivity index (χ1) is 11.4. The van der Waals surface area contributed by atoms with E-state index >= 15 is 0 Å². The third-order valence-electron chi connectivity index (χ3n) is 3.39. The summed E-state index contributed by atoms with van der Waals surface area (Å²) in [6, 6.07) is 8.26. The van der Waals surface area contributed by atoms with E-state index in [1.54, 1.807) is 35.2 Å². The molecule has 4 aromatic heterocycles. The summed E-state index contributed by atoms with van der Waals surface area (Å²) in [6.45, 7) is 0. The highest BCUT2D eigenvalue weighted by atomic mass is 32.1. The monoisotopic (exact) mass is 339 g/mol. The van der Waals surface area contributed by atoms with Crippen LogP contribution in [-0.4, -0.2) is 26.6 Å². The lowest BCUT2D eigenvalue weighted by atomic mass is 10.1. The van der Waals surface area contributed by atoms with Crippen molar-refractivity contribution in [2.75, 3.05) is 12.4 Å². The van der Waals surface area contributed by atoms with Crippen molar-refractivity contribution in [2.45, 2.75) is 0 Å². The molecule has 0 aromatic carbocycles. The third-order valence-corrected chi connectivity index (χ3v) is 5.16. The Labute approximate surface area is 141 Å². The first-order valence-electron chi connectivity index (χ1n) is 7.02. The number of imidazole rings is 1. The average molecular weight is 339 g/mol. The van der Waals surface area contributed by atoms with Crippen molar-refractivity contribution in [1.29, 1.82) is 0 Å². The predicted octanol–water partition coefficient (Wildman–Crippen LogP) is 4.16. The smallest absolute Gasteiger partial charge is 0.237 e. The molecule has 0 aliphatic rings. The Morgan fingerprint density at radius 3 is 2.43 bits per heavy atom. The van der Waals surface area contributed by atoms with E-state index in [0.717, 1.165) is 26.8 Å². The van der Waals surface area contributed by atoms with Crippen LogP contribution in [0, 0.1) is 0 Å². The fourth-order valence-corrected chi connectivity index (χ4v) is 3.86. The molecule has 0 fully saturated rings. The molecule has 1 N–H and O–H groups in total. The van der Waals surface area contributed by atoms with Gasteiger partial charge in [-0.2, -0.15) is 4.98 Å². The van der Waals surface area contributed by atoms with Crippen LogP contribution in [0.15, 0.2) is 53.7 Å². The second-order valence-corrected chi connectivity index (χ2v) is 6.67. The average Bonchev–Trinajstić information content (AvgIpc) is 3.36. The number of aromatic nitrogens is 4. The molecule has 0 amide bonds. The van der Waals surface area contributed by atoms with E-state index in [0.29, 0.717) is 5.95 Å². The number of rotatable bonds is 4. The summed E-state index contributed by atoms with van der Waals surface area (Å²) in [6.07, 6.45) is 5.27. The molecule has 0 aliphatic heterocycles. The molecule has 4 heterocycles. The highest BCUT2D eigenvalue weighted by Gasteiger charge is 2.19. The number of anilines is 1. The van der Waals surface area contributed by atoms with Gasteiger partial charge >= 0.3 is 0 Å². The first kappa shape index (κ1) is 14.1. The summed E-state index contributed by atoms with van der Waals surface area (Å²) in [4.78, 5) is 15.8. The van der Waals surface area contributed by atoms with E-state index in [4.69, 9.17) is 4.98 Å². The van der Waals surface area contributed by atoms with Gasteiger partial charge in [0.25, 0.3) is 0 Å². The fraction of sp³-hybridized carbons (Fsp3) is 0.0625. The van der Waals surface area contributed by atoms with E-state index in [1.165, 1.54) is 0 Å². The molecule has 4 aromatic rings. The number of hydrogen-bond donors (Lipinski definition) is 1. The van der Waals surface area contributed by atoms with E-state index in [1.807, 2.05) is 29.9 Å². The van der Waals surface area contributed by atoms with E-state index in [2.05, 4.69) is 38.2 Å². The van der Waals surface area contributed by atoms with Crippen LogP contribution in [0.5, 0.6) is 0 Å². The highest BCUT2D eigenvalue weighted by Crippen LogP contribution is 2.39. The lowest BCUT2D eigenvalue weighted by molar-refractivity contribution is 0.932. The van der Waals surface area contributed by atoms with Gasteiger partial charge in [0.15, 0.2) is 0 Å². The molecule has 0 radical (unpaired) electrons. The van der Waals surface area contributed by atoms with Crippen LogP contribution in [0.1, 0.15) is 0 Å². The van der Waals surface area contributed by atoms with Gasteiger partial charge < -0.3 is 5.32 Å². The van der Waals surface area contributed by atoms with Crippen LogP contribution >= 0.6 is 22.7 Å². The Morgan fingerprint density at radius 2 is 1.83 bits per heavy atom. The zero-order valence-electron chi connectivity index (χ0n) is 12.3. The van der Waals surface area contributed by atoms with Crippen molar-refractivity contribution in [3.63, 3.8) is 0 Å². The van der Waals surface area contributed by atoms with Crippen molar-refractivity contribution < 1.29 is 0 Å². The van der Waals surface area contributed by atoms with Crippen LogP contribution in [0.25, 0.3) is 27.0 Å². The normalized spacial score (nSPS) is 10.8. The van der Waals surface area contributed by atoms with Crippen LogP contribution in [0.4, 0.5) is 5.82 Å². The maximum absolute atomic E-state index is 4.81. The Balaban J connectivity index is 2.01. The minimum Gasteiger partial charge on any atom is -0.372 e. The molecular weight excluding hydrogens is 326 g/mol. The zero-order valence-corrected chi connectivity index (χ0v) is 13.9. The molecule has 0 unspecified atom stereocenters. The molecule has 4 rings (SSSR count). The van der Waals surface area contributed by atoms with Gasteiger partial charge in [0.2, 0.25) is 5.95 Å². The van der Waals surface area contributed by atoms with Crippen molar-refractivity contribution in [2.24, 2.45) is 0 Å². The molecule has 114 valence electrons. The topological polar surface area (TPSA) is 55.6 Å². The molecule has 0 aliphatic carbocycles. The lowest BCUT2D eigenvalue weighted by Crippen LogP contribution is -2.06. The van der Waals surface area contributed by atoms with Crippen molar-refractivity contribution >= 4 is 28.5 Å². The maximum atomic E-state index is 4.81. The zero-order chi connectivity index (χ0) is 15.6. The molecule has 0 saturated carbocycles. The van der Waals surface area contributed by atoms with Gasteiger partial charge in [0.05, 0.1) is 16.1 Å². The number of thiophene rings is 2. The maximum Gasteiger partial charge on any atom is 0.237 e. The van der Waals surface area contributed by atoms with E-state index in [-0.39, 0.29) is 0 Å². The van der Waals surface area contributed by atoms with Gasteiger partial charge in [0.1, 0.15) is 12.1 Å². The SMILES string of the molecule is CNc1nc(-n2ccnc2)nc(-c2cccs2)c1-c1cccs1. The van der Waals surface area contributed by atoms with Crippen molar-refractivity contribution in [3.05, 3.63) is 53.7 Å². The number of hydrogen-bond acceptors (Lipinski definition) is 6. The highest BCUT2D eigenvalue weighted by molar-refractivity contribution is 7.14. The van der Waals surface area contributed by atoms with Crippen LogP contribution in [0.2, 0.25) is 0 Å². The molecule has 7 heteroatoms. The Morgan fingerprint density at radius 1 is 1.04 bits per heavy atom. The summed E-state index contributed by atoms with van der Waals surface area (Å²) in [7, 11) is 1.88. The summed E-state index contributed by atoms with van der Waals surface area (Å²) in [5.41, 5.74) is 1.97. The minimum absolute atomic E-state index is 0.607. The lowest BCUT2D eigenvalue weighted by Gasteiger charge is -2.13. The van der Waals surface area contributed by atoms with Gasteiger partial charge in [-0.25, -0.2) is 9.97 Å². The summed E-state index contributed by atoms with van der Waals surface area (Å²) < 4.78 is 1.82. The Hall–Kier alpha value is -2.51. The fourth-order valence-electron chi connectivity index (χ4n) is 2.37. The van der Waals surface area contributed by atoms with Gasteiger partial charge in [-0.15, -0.1) is 22.7 Å². The largest absolute Gasteiger partial charge is 0.372 e. The molecular formula is C16H13N5S2. The summed E-state index contributed by atoms with van der Waals surface area (Å²) in [5.74, 6) is 1.42. The molecule has 0 bridgehead atoms. The van der Waals surface area contributed by atoms with Gasteiger partial charge in [-0.05, 0) is 22.9 Å². The van der Waals surface area contributed by atoms with Gasteiger partial charge in [-0.3, -0.25) is 4.57 Å². The summed E-state index contributed by atoms with van der Waals surface area (Å²) in [5, 5.41) is 7.34. The van der Waals surface area contributed by atoms with E-state index < -0.39 is 0 Å². The first-order valence-corrected chi connectivity index (χ1v) is 8.78. The Bertz CT molecular complexity index is 897. The molecule has 5 nitrogen and oxygen atoms in total. The number of nitrogens with one attached hydrogen (secondary N) is 1. The third kappa shape index (κ3) is 2.54. The van der Waals surface area contributed by atoms with Crippen LogP contribution in [-0.2, 0) is 0 Å². The van der Waals surface area contributed by atoms with Crippen molar-refractivity contribution in [1.82, 2.24) is 19.5 Å². The minimum atomic E-state index is 0.607. The van der Waals surface area contributed by atoms with Crippen LogP contribution in [0.3, 0.4) is 0 Å². The quantitative estimate of drug-likeness (QED) is 0.606. The van der Waals surface area contributed by atoms with Gasteiger partial charge in [0, 0.05) is 24.3 Å². The molecule has 23 heavy (non-hydrogen) atoms. The second kappa shape index (κ2) is 5.94. The van der Waals surface area contributed by atoms with E-state index in [9.17, 15) is 0 Å². The van der Waals surface area contributed by atoms with Crippen molar-refractivity contribution in [3.8, 4) is 27.0 Å². The summed E-state index contributed by atoms with van der Waals surface area (Å²) >= 11 is 3.36. The number of nitrogens with zero attached hydrogens (tertiary/aromatic N) is 4. The molecule has 0 spiro atoms. The predicted molar refractivity (Wildman–Crippen MR) is 95.3 cm³/mol. The molecule has 0 atom stereocenters.